The number of nitrogens with zero attached hydrogens (tertiary/aromatic N) is 1. The van der Waals surface area contributed by atoms with Gasteiger partial charge in [0.1, 0.15) is 5.82 Å². The maximum Gasteiger partial charge on any atom is 0.126 e. The summed E-state index contributed by atoms with van der Waals surface area (Å²) in [6.07, 6.45) is 4.18. The molecule has 0 aliphatic carbocycles. The third kappa shape index (κ3) is 3.11. The van der Waals surface area contributed by atoms with Crippen LogP contribution >= 0.6 is 0 Å². The minimum atomic E-state index is -0.777. The average Bonchev–Trinajstić information content (AvgIpc) is 2.82. The molecule has 1 N–H and O–H groups in total. The molecule has 126 valence electrons. The molecule has 2 atom stereocenters. The van der Waals surface area contributed by atoms with Crippen LogP contribution in [0.25, 0.3) is 0 Å². The van der Waals surface area contributed by atoms with Crippen molar-refractivity contribution in [2.24, 2.45) is 0 Å². The van der Waals surface area contributed by atoms with Gasteiger partial charge in [0, 0.05) is 25.0 Å². The second kappa shape index (κ2) is 6.30. The number of hydrogen-bond acceptors (Lipinski definition) is 2. The van der Waals surface area contributed by atoms with E-state index in [0.29, 0.717) is 24.1 Å². The van der Waals surface area contributed by atoms with Gasteiger partial charge in [0.15, 0.2) is 0 Å². The minimum Gasteiger partial charge on any atom is -0.389 e. The van der Waals surface area contributed by atoms with Gasteiger partial charge in [-0.15, -0.1) is 0 Å². The molecule has 0 amide bonds. The summed E-state index contributed by atoms with van der Waals surface area (Å²) >= 11 is 0. The summed E-state index contributed by atoms with van der Waals surface area (Å²) in [7, 11) is 0. The van der Waals surface area contributed by atoms with Crippen molar-refractivity contribution >= 4 is 0 Å². The van der Waals surface area contributed by atoms with Crippen LogP contribution in [0.4, 0.5) is 4.39 Å². The molecule has 2 heterocycles. The number of benzene rings is 2. The van der Waals surface area contributed by atoms with E-state index < -0.39 is 5.60 Å². The molecule has 2 aliphatic heterocycles. The van der Waals surface area contributed by atoms with Crippen LogP contribution in [0.2, 0.25) is 0 Å². The lowest BCUT2D eigenvalue weighted by atomic mass is 9.81. The fraction of sp³-hybridized carbons (Fsp3) is 0.429. The fourth-order valence-corrected chi connectivity index (χ4v) is 4.61. The molecule has 2 unspecified atom stereocenters. The maximum absolute atomic E-state index is 14.0. The summed E-state index contributed by atoms with van der Waals surface area (Å²) in [5.74, 6) is -0.204. The predicted octanol–water partition coefficient (Wildman–Crippen LogP) is 3.93. The van der Waals surface area contributed by atoms with Gasteiger partial charge < -0.3 is 5.11 Å². The zero-order valence-corrected chi connectivity index (χ0v) is 13.9. The molecule has 2 aromatic rings. The number of fused-ring (bicyclic) bond motifs is 2. The fourth-order valence-electron chi connectivity index (χ4n) is 4.61. The molecule has 3 heteroatoms. The monoisotopic (exact) mass is 325 g/mol. The number of rotatable bonds is 4. The first-order valence-electron chi connectivity index (χ1n) is 8.88. The minimum absolute atomic E-state index is 0.204. The number of piperidine rings is 1. The lowest BCUT2D eigenvalue weighted by Gasteiger charge is -2.44. The highest BCUT2D eigenvalue weighted by Crippen LogP contribution is 2.43. The van der Waals surface area contributed by atoms with E-state index in [1.165, 1.54) is 11.6 Å². The summed E-state index contributed by atoms with van der Waals surface area (Å²) in [5, 5.41) is 11.1. The Morgan fingerprint density at radius 2 is 1.58 bits per heavy atom. The third-order valence-electron chi connectivity index (χ3n) is 5.69. The zero-order valence-electron chi connectivity index (χ0n) is 13.9. The van der Waals surface area contributed by atoms with Crippen LogP contribution in [-0.2, 0) is 13.0 Å². The van der Waals surface area contributed by atoms with Crippen LogP contribution in [0.1, 0.15) is 36.8 Å². The van der Waals surface area contributed by atoms with Gasteiger partial charge in [-0.25, -0.2) is 4.39 Å². The normalized spacial score (nSPS) is 29.8. The van der Waals surface area contributed by atoms with Gasteiger partial charge in [-0.05, 0) is 42.9 Å². The van der Waals surface area contributed by atoms with Crippen LogP contribution in [0.5, 0.6) is 0 Å². The molecule has 0 saturated carbocycles. The van der Waals surface area contributed by atoms with Crippen molar-refractivity contribution in [3.63, 3.8) is 0 Å². The topological polar surface area (TPSA) is 23.5 Å². The van der Waals surface area contributed by atoms with E-state index in [1.54, 1.807) is 12.1 Å². The molecule has 24 heavy (non-hydrogen) atoms. The van der Waals surface area contributed by atoms with Gasteiger partial charge in [0.2, 0.25) is 0 Å². The first-order valence-corrected chi connectivity index (χ1v) is 8.88. The highest BCUT2D eigenvalue weighted by Gasteiger charge is 2.47. The summed E-state index contributed by atoms with van der Waals surface area (Å²) in [6.45, 7) is 0.950. The van der Waals surface area contributed by atoms with Crippen LogP contribution in [0, 0.1) is 5.82 Å². The quantitative estimate of drug-likeness (QED) is 0.921. The zero-order chi connectivity index (χ0) is 16.6. The van der Waals surface area contributed by atoms with Crippen molar-refractivity contribution in [3.05, 3.63) is 71.5 Å². The standard InChI is InChI=1S/C21H24FNO/c22-20-9-5-4-8-17(20)12-21(24)13-18-10-11-19(14-21)23(18)15-16-6-2-1-3-7-16/h1-9,18-19,24H,10-15H2. The number of hydrogen-bond donors (Lipinski definition) is 1. The Balaban J connectivity index is 1.48. The molecule has 0 aromatic heterocycles. The first-order chi connectivity index (χ1) is 11.6. The molecule has 2 aromatic carbocycles. The third-order valence-corrected chi connectivity index (χ3v) is 5.69. The summed E-state index contributed by atoms with van der Waals surface area (Å²) in [5.41, 5.74) is 1.19. The largest absolute Gasteiger partial charge is 0.389 e. The SMILES string of the molecule is OC1(Cc2ccccc2F)CC2CCC(C1)N2Cc1ccccc1. The van der Waals surface area contributed by atoms with Gasteiger partial charge in [-0.2, -0.15) is 0 Å². The molecule has 2 nitrogen and oxygen atoms in total. The molecule has 2 bridgehead atoms. The first kappa shape index (κ1) is 15.8. The van der Waals surface area contributed by atoms with Gasteiger partial charge in [-0.3, -0.25) is 4.90 Å². The maximum atomic E-state index is 14.0. The molecule has 0 radical (unpaired) electrons. The Hall–Kier alpha value is -1.71. The second-order valence-corrected chi connectivity index (χ2v) is 7.44. The van der Waals surface area contributed by atoms with Crippen molar-refractivity contribution in [2.45, 2.75) is 56.3 Å². The van der Waals surface area contributed by atoms with E-state index in [9.17, 15) is 9.50 Å². The Morgan fingerprint density at radius 1 is 0.958 bits per heavy atom. The lowest BCUT2D eigenvalue weighted by molar-refractivity contribution is -0.0544. The van der Waals surface area contributed by atoms with Gasteiger partial charge in [0.25, 0.3) is 0 Å². The van der Waals surface area contributed by atoms with Crippen molar-refractivity contribution in [1.29, 1.82) is 0 Å². The van der Waals surface area contributed by atoms with Gasteiger partial charge in [-0.1, -0.05) is 48.5 Å². The summed E-state index contributed by atoms with van der Waals surface area (Å²) in [6, 6.07) is 18.2. The number of aliphatic hydroxyl groups is 1. The second-order valence-electron chi connectivity index (χ2n) is 7.44. The highest BCUT2D eigenvalue weighted by atomic mass is 19.1. The van der Waals surface area contributed by atoms with Crippen molar-refractivity contribution in [3.8, 4) is 0 Å². The number of halogens is 1. The molecular weight excluding hydrogens is 301 g/mol. The molecule has 2 fully saturated rings. The Morgan fingerprint density at radius 3 is 2.25 bits per heavy atom. The van der Waals surface area contributed by atoms with Gasteiger partial charge >= 0.3 is 0 Å². The van der Waals surface area contributed by atoms with E-state index in [2.05, 4.69) is 29.2 Å². The van der Waals surface area contributed by atoms with Crippen LogP contribution in [-0.4, -0.2) is 27.7 Å². The van der Waals surface area contributed by atoms with Crippen LogP contribution in [0.3, 0.4) is 0 Å². The molecule has 2 saturated heterocycles. The smallest absolute Gasteiger partial charge is 0.126 e. The van der Waals surface area contributed by atoms with Gasteiger partial charge in [0.05, 0.1) is 5.60 Å². The molecule has 2 aliphatic rings. The van der Waals surface area contributed by atoms with Crippen molar-refractivity contribution < 1.29 is 9.50 Å². The van der Waals surface area contributed by atoms with E-state index in [0.717, 1.165) is 32.2 Å². The molecular formula is C21H24FNO. The Labute approximate surface area is 142 Å². The van der Waals surface area contributed by atoms with Crippen LogP contribution in [0.15, 0.2) is 54.6 Å². The Kier molecular flexibility index (Phi) is 4.15. The lowest BCUT2D eigenvalue weighted by Crippen LogP contribution is -2.51. The van der Waals surface area contributed by atoms with Crippen LogP contribution < -0.4 is 0 Å². The Bertz CT molecular complexity index is 688. The average molecular weight is 325 g/mol. The van der Waals surface area contributed by atoms with E-state index >= 15 is 0 Å². The molecule has 0 spiro atoms. The van der Waals surface area contributed by atoms with Crippen molar-refractivity contribution in [2.75, 3.05) is 0 Å². The van der Waals surface area contributed by atoms with Crippen molar-refractivity contribution in [1.82, 2.24) is 4.90 Å². The summed E-state index contributed by atoms with van der Waals surface area (Å²) < 4.78 is 14.0. The van der Waals surface area contributed by atoms with E-state index in [4.69, 9.17) is 0 Å². The molecule has 4 rings (SSSR count). The van der Waals surface area contributed by atoms with E-state index in [-0.39, 0.29) is 5.82 Å². The highest BCUT2D eigenvalue weighted by molar-refractivity contribution is 5.21. The van der Waals surface area contributed by atoms with E-state index in [1.807, 2.05) is 12.1 Å². The predicted molar refractivity (Wildman–Crippen MR) is 93.1 cm³/mol. The summed E-state index contributed by atoms with van der Waals surface area (Å²) in [4.78, 5) is 2.55.